The zero-order valence-electron chi connectivity index (χ0n) is 9.93. The van der Waals surface area contributed by atoms with Crippen LogP contribution >= 0.6 is 39.9 Å². The molecule has 104 valence electrons. The molecule has 1 aromatic carbocycles. The third-order valence-electron chi connectivity index (χ3n) is 2.54. The Bertz CT molecular complexity index is 511. The standard InChI is InChI=1S/C10H14BrClN2O2S.ClH/c1-7(6-13)14(2)17(15,16)9-5-3-4-8(12)10(9)11;/h3-5,7H,6,13H2,1-2H3;1H. The second kappa shape index (κ2) is 7.07. The van der Waals surface area contributed by atoms with Gasteiger partial charge in [0.15, 0.2) is 0 Å². The molecule has 0 fully saturated rings. The highest BCUT2D eigenvalue weighted by Crippen LogP contribution is 2.31. The van der Waals surface area contributed by atoms with Gasteiger partial charge in [0.1, 0.15) is 0 Å². The van der Waals surface area contributed by atoms with Crippen LogP contribution in [0.1, 0.15) is 6.92 Å². The lowest BCUT2D eigenvalue weighted by atomic mass is 10.4. The van der Waals surface area contributed by atoms with Crippen LogP contribution in [0.15, 0.2) is 27.6 Å². The molecule has 0 heterocycles. The van der Waals surface area contributed by atoms with E-state index in [-0.39, 0.29) is 29.9 Å². The second-order valence-electron chi connectivity index (χ2n) is 3.66. The molecule has 1 atom stereocenters. The number of nitrogens with zero attached hydrogens (tertiary/aromatic N) is 1. The summed E-state index contributed by atoms with van der Waals surface area (Å²) >= 11 is 9.07. The van der Waals surface area contributed by atoms with E-state index in [0.29, 0.717) is 9.50 Å². The van der Waals surface area contributed by atoms with Gasteiger partial charge in [0, 0.05) is 19.6 Å². The van der Waals surface area contributed by atoms with Gasteiger partial charge in [0.25, 0.3) is 0 Å². The van der Waals surface area contributed by atoms with Crippen molar-refractivity contribution in [2.75, 3.05) is 13.6 Å². The van der Waals surface area contributed by atoms with Crippen molar-refractivity contribution in [3.63, 3.8) is 0 Å². The zero-order chi connectivity index (χ0) is 13.2. The number of likely N-dealkylation sites (N-methyl/N-ethyl adjacent to an activating group) is 1. The molecule has 0 bridgehead atoms. The van der Waals surface area contributed by atoms with Crippen molar-refractivity contribution >= 4 is 50.0 Å². The molecular weight excluding hydrogens is 363 g/mol. The van der Waals surface area contributed by atoms with E-state index in [1.807, 2.05) is 0 Å². The van der Waals surface area contributed by atoms with Crippen LogP contribution in [0.2, 0.25) is 5.02 Å². The Balaban J connectivity index is 0.00000289. The van der Waals surface area contributed by atoms with Crippen molar-refractivity contribution < 1.29 is 8.42 Å². The van der Waals surface area contributed by atoms with Gasteiger partial charge in [-0.15, -0.1) is 12.4 Å². The van der Waals surface area contributed by atoms with E-state index in [1.165, 1.54) is 17.4 Å². The molecule has 0 radical (unpaired) electrons. The maximum Gasteiger partial charge on any atom is 0.244 e. The smallest absolute Gasteiger partial charge is 0.244 e. The average molecular weight is 378 g/mol. The third kappa shape index (κ3) is 3.59. The van der Waals surface area contributed by atoms with Gasteiger partial charge in [-0.1, -0.05) is 17.7 Å². The van der Waals surface area contributed by atoms with Gasteiger partial charge in [0.2, 0.25) is 10.0 Å². The molecule has 1 unspecified atom stereocenters. The summed E-state index contributed by atoms with van der Waals surface area (Å²) in [6, 6.07) is 4.45. The molecule has 0 saturated heterocycles. The first-order chi connectivity index (χ1) is 7.82. The molecule has 1 rings (SSSR count). The van der Waals surface area contributed by atoms with Crippen LogP contribution in [0.25, 0.3) is 0 Å². The van der Waals surface area contributed by atoms with E-state index in [2.05, 4.69) is 15.9 Å². The van der Waals surface area contributed by atoms with Crippen molar-refractivity contribution in [2.24, 2.45) is 5.73 Å². The van der Waals surface area contributed by atoms with Gasteiger partial charge >= 0.3 is 0 Å². The molecule has 0 aliphatic carbocycles. The van der Waals surface area contributed by atoms with Crippen LogP contribution in [-0.4, -0.2) is 32.4 Å². The molecule has 0 saturated carbocycles. The maximum absolute atomic E-state index is 12.3. The number of hydrogen-bond acceptors (Lipinski definition) is 3. The summed E-state index contributed by atoms with van der Waals surface area (Å²) in [5, 5.41) is 0.361. The predicted molar refractivity (Wildman–Crippen MR) is 79.9 cm³/mol. The summed E-state index contributed by atoms with van der Waals surface area (Å²) in [6.45, 7) is 2.00. The summed E-state index contributed by atoms with van der Waals surface area (Å²) in [4.78, 5) is 0.146. The highest BCUT2D eigenvalue weighted by atomic mass is 79.9. The van der Waals surface area contributed by atoms with Crippen LogP contribution in [0, 0.1) is 0 Å². The van der Waals surface area contributed by atoms with Crippen molar-refractivity contribution in [3.05, 3.63) is 27.7 Å². The Kier molecular flexibility index (Phi) is 7.13. The lowest BCUT2D eigenvalue weighted by molar-refractivity contribution is 0.394. The van der Waals surface area contributed by atoms with Gasteiger partial charge in [-0.25, -0.2) is 8.42 Å². The Hall–Kier alpha value is 0.150. The molecule has 2 N–H and O–H groups in total. The molecule has 0 spiro atoms. The topological polar surface area (TPSA) is 63.4 Å². The number of hydrogen-bond donors (Lipinski definition) is 1. The van der Waals surface area contributed by atoms with Crippen LogP contribution < -0.4 is 5.73 Å². The van der Waals surface area contributed by atoms with Crippen LogP contribution in [0.5, 0.6) is 0 Å². The maximum atomic E-state index is 12.3. The molecule has 0 aromatic heterocycles. The van der Waals surface area contributed by atoms with Crippen molar-refractivity contribution in [3.8, 4) is 0 Å². The van der Waals surface area contributed by atoms with E-state index in [9.17, 15) is 8.42 Å². The Morgan fingerprint density at radius 1 is 1.50 bits per heavy atom. The highest BCUT2D eigenvalue weighted by molar-refractivity contribution is 9.10. The second-order valence-corrected chi connectivity index (χ2v) is 6.82. The fourth-order valence-electron chi connectivity index (χ4n) is 1.22. The van der Waals surface area contributed by atoms with E-state index >= 15 is 0 Å². The quantitative estimate of drug-likeness (QED) is 0.876. The van der Waals surface area contributed by atoms with Gasteiger partial charge in [-0.05, 0) is 35.0 Å². The predicted octanol–water partition coefficient (Wildman–Crippen LogP) is 2.49. The SMILES string of the molecule is CC(CN)N(C)S(=O)(=O)c1cccc(Cl)c1Br.Cl. The third-order valence-corrected chi connectivity index (χ3v) is 6.21. The van der Waals surface area contributed by atoms with Gasteiger partial charge < -0.3 is 5.73 Å². The van der Waals surface area contributed by atoms with Crippen LogP contribution in [0.4, 0.5) is 0 Å². The fourth-order valence-corrected chi connectivity index (χ4v) is 3.79. The number of nitrogens with two attached hydrogens (primary N) is 1. The summed E-state index contributed by atoms with van der Waals surface area (Å²) in [5.41, 5.74) is 5.47. The lowest BCUT2D eigenvalue weighted by Gasteiger charge is -2.23. The van der Waals surface area contributed by atoms with Crippen molar-refractivity contribution in [2.45, 2.75) is 17.9 Å². The van der Waals surface area contributed by atoms with Crippen molar-refractivity contribution in [1.29, 1.82) is 0 Å². The summed E-state index contributed by atoms with van der Waals surface area (Å²) in [6.07, 6.45) is 0. The number of benzene rings is 1. The monoisotopic (exact) mass is 376 g/mol. The average Bonchev–Trinajstić information content (AvgIpc) is 2.30. The first kappa shape index (κ1) is 18.1. The van der Waals surface area contributed by atoms with E-state index in [4.69, 9.17) is 17.3 Å². The minimum atomic E-state index is -3.58. The molecule has 0 aliphatic heterocycles. The lowest BCUT2D eigenvalue weighted by Crippen LogP contribution is -2.39. The largest absolute Gasteiger partial charge is 0.329 e. The molecule has 0 aliphatic rings. The minimum absolute atomic E-state index is 0. The Morgan fingerprint density at radius 2 is 2.06 bits per heavy atom. The van der Waals surface area contributed by atoms with E-state index < -0.39 is 10.0 Å². The van der Waals surface area contributed by atoms with Crippen LogP contribution in [-0.2, 0) is 10.0 Å². The van der Waals surface area contributed by atoms with Crippen molar-refractivity contribution in [1.82, 2.24) is 4.31 Å². The number of rotatable bonds is 4. The Labute approximate surface area is 127 Å². The molecule has 4 nitrogen and oxygen atoms in total. The molecule has 8 heteroatoms. The summed E-state index contributed by atoms with van der Waals surface area (Å²) < 4.78 is 26.2. The van der Waals surface area contributed by atoms with Gasteiger partial charge in [0.05, 0.1) is 14.4 Å². The first-order valence-electron chi connectivity index (χ1n) is 4.94. The van der Waals surface area contributed by atoms with E-state index in [0.717, 1.165) is 0 Å². The molecule has 18 heavy (non-hydrogen) atoms. The minimum Gasteiger partial charge on any atom is -0.329 e. The van der Waals surface area contributed by atoms with Crippen LogP contribution in [0.3, 0.4) is 0 Å². The highest BCUT2D eigenvalue weighted by Gasteiger charge is 2.27. The van der Waals surface area contributed by atoms with E-state index in [1.54, 1.807) is 19.1 Å². The molecular formula is C10H15BrCl2N2O2S. The fraction of sp³-hybridized carbons (Fsp3) is 0.400. The number of sulfonamides is 1. The van der Waals surface area contributed by atoms with Gasteiger partial charge in [-0.3, -0.25) is 0 Å². The summed E-state index contributed by atoms with van der Waals surface area (Å²) in [5.74, 6) is 0. The normalized spacial score (nSPS) is 13.2. The first-order valence-corrected chi connectivity index (χ1v) is 7.55. The Morgan fingerprint density at radius 3 is 2.56 bits per heavy atom. The summed E-state index contributed by atoms with van der Waals surface area (Å²) in [7, 11) is -2.08. The molecule has 0 amide bonds. The number of halogens is 3. The van der Waals surface area contributed by atoms with Gasteiger partial charge in [-0.2, -0.15) is 4.31 Å². The zero-order valence-corrected chi connectivity index (χ0v) is 13.9. The molecule has 1 aromatic rings.